The first kappa shape index (κ1) is 15.3. The lowest BCUT2D eigenvalue weighted by Crippen LogP contribution is -2.32. The van der Waals surface area contributed by atoms with Gasteiger partial charge in [-0.25, -0.2) is 0 Å². The molecule has 0 saturated carbocycles. The van der Waals surface area contributed by atoms with E-state index in [2.05, 4.69) is 0 Å². The Morgan fingerprint density at radius 1 is 1.16 bits per heavy atom. The molecule has 0 N–H and O–H groups in total. The van der Waals surface area contributed by atoms with Crippen LogP contribution in [-0.4, -0.2) is 24.8 Å². The van der Waals surface area contributed by atoms with Gasteiger partial charge in [0.1, 0.15) is 17.1 Å². The van der Waals surface area contributed by atoms with Crippen LogP contribution in [0.5, 0.6) is 11.5 Å². The average Bonchev–Trinajstić information content (AvgIpc) is 2.27. The second kappa shape index (κ2) is 6.45. The zero-order chi connectivity index (χ0) is 14.5. The summed E-state index contributed by atoms with van der Waals surface area (Å²) in [4.78, 5) is 11.6. The highest BCUT2D eigenvalue weighted by atomic mass is 16.5. The Bertz CT molecular complexity index is 407. The quantitative estimate of drug-likeness (QED) is 0.742. The molecule has 0 fully saturated rings. The van der Waals surface area contributed by atoms with E-state index >= 15 is 0 Å². The number of carbonyl (C=O) groups is 1. The minimum Gasteiger partial charge on any atom is -0.497 e. The van der Waals surface area contributed by atoms with Crippen LogP contribution in [0.4, 0.5) is 0 Å². The third kappa shape index (κ3) is 5.64. The molecule has 0 amide bonds. The molecule has 0 atom stereocenters. The predicted octanol–water partition coefficient (Wildman–Crippen LogP) is 3.19. The monoisotopic (exact) mass is 266 g/mol. The normalized spacial score (nSPS) is 11.3. The molecule has 0 unspecified atom stereocenters. The zero-order valence-electron chi connectivity index (χ0n) is 12.2. The maximum Gasteiger partial charge on any atom is 0.310 e. The molecule has 19 heavy (non-hydrogen) atoms. The molecule has 0 heterocycles. The van der Waals surface area contributed by atoms with E-state index in [-0.39, 0.29) is 18.5 Å². The van der Waals surface area contributed by atoms with Crippen molar-refractivity contribution in [1.29, 1.82) is 0 Å². The first-order valence-corrected chi connectivity index (χ1v) is 6.35. The molecule has 0 aromatic heterocycles. The van der Waals surface area contributed by atoms with Gasteiger partial charge in [0.15, 0.2) is 0 Å². The van der Waals surface area contributed by atoms with Crippen molar-refractivity contribution >= 4 is 5.97 Å². The van der Waals surface area contributed by atoms with E-state index in [4.69, 9.17) is 14.2 Å². The van der Waals surface area contributed by atoms with Gasteiger partial charge < -0.3 is 14.2 Å². The molecule has 0 saturated heterocycles. The van der Waals surface area contributed by atoms with Crippen LogP contribution in [0.2, 0.25) is 0 Å². The van der Waals surface area contributed by atoms with Crippen LogP contribution in [0.15, 0.2) is 24.3 Å². The fraction of sp³-hybridized carbons (Fsp3) is 0.533. The van der Waals surface area contributed by atoms with Gasteiger partial charge in [-0.1, -0.05) is 0 Å². The summed E-state index contributed by atoms with van der Waals surface area (Å²) in [5.41, 5.74) is -0.611. The predicted molar refractivity (Wildman–Crippen MR) is 73.5 cm³/mol. The van der Waals surface area contributed by atoms with Gasteiger partial charge in [-0.2, -0.15) is 0 Å². The number of ether oxygens (including phenoxy) is 3. The number of esters is 1. The Balaban J connectivity index is 2.59. The Morgan fingerprint density at radius 2 is 1.68 bits per heavy atom. The van der Waals surface area contributed by atoms with Crippen LogP contribution in [0.3, 0.4) is 0 Å². The minimum atomic E-state index is -0.611. The van der Waals surface area contributed by atoms with Crippen LogP contribution in [-0.2, 0) is 9.53 Å². The molecule has 1 aromatic rings. The highest BCUT2D eigenvalue weighted by Gasteiger charge is 2.25. The molecular weight excluding hydrogens is 244 g/mol. The van der Waals surface area contributed by atoms with Crippen molar-refractivity contribution in [2.24, 2.45) is 0 Å². The second-order valence-electron chi connectivity index (χ2n) is 5.25. The summed E-state index contributed by atoms with van der Waals surface area (Å²) in [6.07, 6.45) is 0.0984. The van der Waals surface area contributed by atoms with Crippen molar-refractivity contribution in [3.05, 3.63) is 24.3 Å². The third-order valence-corrected chi connectivity index (χ3v) is 2.39. The first-order valence-electron chi connectivity index (χ1n) is 6.35. The Hall–Kier alpha value is -1.71. The van der Waals surface area contributed by atoms with Crippen molar-refractivity contribution in [1.82, 2.24) is 0 Å². The number of hydrogen-bond donors (Lipinski definition) is 0. The fourth-order valence-electron chi connectivity index (χ4n) is 1.65. The van der Waals surface area contributed by atoms with Gasteiger partial charge in [0.25, 0.3) is 0 Å². The van der Waals surface area contributed by atoms with Crippen molar-refractivity contribution in [3.8, 4) is 11.5 Å². The van der Waals surface area contributed by atoms with Crippen LogP contribution in [0, 0.1) is 0 Å². The minimum absolute atomic E-state index is 0.107. The molecule has 4 heteroatoms. The molecule has 0 aliphatic heterocycles. The molecule has 0 bridgehead atoms. The molecule has 0 spiro atoms. The fourth-order valence-corrected chi connectivity index (χ4v) is 1.65. The van der Waals surface area contributed by atoms with E-state index in [0.29, 0.717) is 5.75 Å². The second-order valence-corrected chi connectivity index (χ2v) is 5.25. The van der Waals surface area contributed by atoms with Crippen molar-refractivity contribution in [2.45, 2.75) is 45.8 Å². The van der Waals surface area contributed by atoms with E-state index in [1.807, 2.05) is 52.0 Å². The van der Waals surface area contributed by atoms with Gasteiger partial charge in [-0.05, 0) is 52.0 Å². The SMILES string of the molecule is COc1ccc(OC(C)(C)CC(=O)OC(C)C)cc1. The standard InChI is InChI=1S/C15H22O4/c1-11(2)18-14(16)10-15(3,4)19-13-8-6-12(17-5)7-9-13/h6-9,11H,10H2,1-5H3. The number of rotatable bonds is 6. The average molecular weight is 266 g/mol. The van der Waals surface area contributed by atoms with Gasteiger partial charge in [-0.15, -0.1) is 0 Å². The molecule has 0 aliphatic carbocycles. The van der Waals surface area contributed by atoms with Gasteiger partial charge in [0.2, 0.25) is 0 Å². The number of benzene rings is 1. The van der Waals surface area contributed by atoms with Crippen LogP contribution >= 0.6 is 0 Å². The van der Waals surface area contributed by atoms with Crippen LogP contribution in [0.1, 0.15) is 34.1 Å². The highest BCUT2D eigenvalue weighted by molar-refractivity contribution is 5.70. The van der Waals surface area contributed by atoms with Crippen LogP contribution in [0.25, 0.3) is 0 Å². The molecule has 1 aromatic carbocycles. The summed E-state index contributed by atoms with van der Waals surface area (Å²) in [6, 6.07) is 7.26. The zero-order valence-corrected chi connectivity index (χ0v) is 12.2. The maximum absolute atomic E-state index is 11.6. The molecule has 0 aliphatic rings. The molecule has 0 radical (unpaired) electrons. The molecule has 4 nitrogen and oxygen atoms in total. The van der Waals surface area contributed by atoms with Gasteiger partial charge in [0.05, 0.1) is 19.6 Å². The van der Waals surface area contributed by atoms with E-state index in [0.717, 1.165) is 5.75 Å². The van der Waals surface area contributed by atoms with E-state index in [1.165, 1.54) is 0 Å². The van der Waals surface area contributed by atoms with Crippen LogP contribution < -0.4 is 9.47 Å². The molecular formula is C15H22O4. The van der Waals surface area contributed by atoms with E-state index < -0.39 is 5.60 Å². The Morgan fingerprint density at radius 3 is 2.16 bits per heavy atom. The van der Waals surface area contributed by atoms with Gasteiger partial charge >= 0.3 is 5.97 Å². The Kier molecular flexibility index (Phi) is 5.21. The van der Waals surface area contributed by atoms with Crippen molar-refractivity contribution < 1.29 is 19.0 Å². The maximum atomic E-state index is 11.6. The summed E-state index contributed by atoms with van der Waals surface area (Å²) in [5.74, 6) is 1.21. The van der Waals surface area contributed by atoms with Gasteiger partial charge in [-0.3, -0.25) is 4.79 Å². The number of hydrogen-bond acceptors (Lipinski definition) is 4. The van der Waals surface area contributed by atoms with E-state index in [1.54, 1.807) is 7.11 Å². The third-order valence-electron chi connectivity index (χ3n) is 2.39. The summed E-state index contributed by atoms with van der Waals surface area (Å²) in [7, 11) is 1.61. The Labute approximate surface area is 114 Å². The lowest BCUT2D eigenvalue weighted by Gasteiger charge is -2.26. The van der Waals surface area contributed by atoms with Gasteiger partial charge in [0, 0.05) is 0 Å². The first-order chi connectivity index (χ1) is 8.82. The molecule has 106 valence electrons. The summed E-state index contributed by atoms with van der Waals surface area (Å²) in [6.45, 7) is 7.38. The summed E-state index contributed by atoms with van der Waals surface area (Å²) in [5, 5.41) is 0. The highest BCUT2D eigenvalue weighted by Crippen LogP contribution is 2.24. The summed E-state index contributed by atoms with van der Waals surface area (Å²) >= 11 is 0. The lowest BCUT2D eigenvalue weighted by molar-refractivity contribution is -0.151. The smallest absolute Gasteiger partial charge is 0.310 e. The van der Waals surface area contributed by atoms with Crippen molar-refractivity contribution in [2.75, 3.05) is 7.11 Å². The summed E-state index contributed by atoms with van der Waals surface area (Å²) < 4.78 is 16.0. The topological polar surface area (TPSA) is 44.8 Å². The molecule has 1 rings (SSSR count). The lowest BCUT2D eigenvalue weighted by atomic mass is 10.1. The number of methoxy groups -OCH3 is 1. The van der Waals surface area contributed by atoms with Crippen molar-refractivity contribution in [3.63, 3.8) is 0 Å². The van der Waals surface area contributed by atoms with E-state index in [9.17, 15) is 4.79 Å². The largest absolute Gasteiger partial charge is 0.497 e. The number of carbonyl (C=O) groups excluding carboxylic acids is 1.